The van der Waals surface area contributed by atoms with Crippen LogP contribution in [0.1, 0.15) is 22.8 Å². The van der Waals surface area contributed by atoms with E-state index in [1.54, 1.807) is 6.07 Å². The third kappa shape index (κ3) is 2.13. The monoisotopic (exact) mass is 227 g/mol. The molecule has 0 aliphatic rings. The van der Waals surface area contributed by atoms with Crippen LogP contribution in [0.4, 0.5) is 0 Å². The van der Waals surface area contributed by atoms with Crippen molar-refractivity contribution in [1.82, 2.24) is 4.98 Å². The molecule has 0 aliphatic carbocycles. The minimum Gasteiger partial charge on any atom is -0.478 e. The Labute approximate surface area is 99.1 Å². The molecule has 3 nitrogen and oxygen atoms in total. The summed E-state index contributed by atoms with van der Waals surface area (Å²) in [5.74, 6) is -0.919. The Morgan fingerprint density at radius 1 is 1.47 bits per heavy atom. The van der Waals surface area contributed by atoms with Crippen LogP contribution in [0.15, 0.2) is 42.6 Å². The van der Waals surface area contributed by atoms with Gasteiger partial charge in [-0.05, 0) is 12.5 Å². The molecule has 0 radical (unpaired) electrons. The molecular weight excluding hydrogens is 214 g/mol. The molecule has 0 spiro atoms. The Morgan fingerprint density at radius 2 is 2.24 bits per heavy atom. The first-order chi connectivity index (χ1) is 8.09. The van der Waals surface area contributed by atoms with Crippen LogP contribution < -0.4 is 0 Å². The molecule has 3 heteroatoms. The SMILES string of the molecule is C=C(C)C=Cc1cccc2c(C(=O)O)c[nH]c12. The van der Waals surface area contributed by atoms with Gasteiger partial charge in [0.25, 0.3) is 0 Å². The Kier molecular flexibility index (Phi) is 2.83. The van der Waals surface area contributed by atoms with E-state index in [1.807, 2.05) is 31.2 Å². The fraction of sp³-hybridized carbons (Fsp3) is 0.0714. The van der Waals surface area contributed by atoms with Crippen LogP contribution in [-0.4, -0.2) is 16.1 Å². The summed E-state index contributed by atoms with van der Waals surface area (Å²) in [6.45, 7) is 5.70. The summed E-state index contributed by atoms with van der Waals surface area (Å²) in [7, 11) is 0. The van der Waals surface area contributed by atoms with Crippen molar-refractivity contribution < 1.29 is 9.90 Å². The van der Waals surface area contributed by atoms with E-state index in [4.69, 9.17) is 5.11 Å². The number of fused-ring (bicyclic) bond motifs is 1. The smallest absolute Gasteiger partial charge is 0.337 e. The van der Waals surface area contributed by atoms with E-state index in [0.29, 0.717) is 5.56 Å². The van der Waals surface area contributed by atoms with Crippen LogP contribution in [0.3, 0.4) is 0 Å². The first-order valence-corrected chi connectivity index (χ1v) is 5.26. The number of rotatable bonds is 3. The van der Waals surface area contributed by atoms with Gasteiger partial charge in [-0.2, -0.15) is 0 Å². The Balaban J connectivity index is 2.59. The number of nitrogens with one attached hydrogen (secondary N) is 1. The molecular formula is C14H13NO2. The van der Waals surface area contributed by atoms with Crippen molar-refractivity contribution in [3.8, 4) is 0 Å². The summed E-state index contributed by atoms with van der Waals surface area (Å²) in [6.07, 6.45) is 5.34. The number of para-hydroxylation sites is 1. The van der Waals surface area contributed by atoms with Crippen LogP contribution in [0.5, 0.6) is 0 Å². The minimum absolute atomic E-state index is 0.297. The second-order valence-corrected chi connectivity index (χ2v) is 3.96. The topological polar surface area (TPSA) is 53.1 Å². The number of aromatic carboxylic acids is 1. The second-order valence-electron chi connectivity index (χ2n) is 3.96. The van der Waals surface area contributed by atoms with Gasteiger partial charge in [0.1, 0.15) is 0 Å². The maximum absolute atomic E-state index is 11.0. The summed E-state index contributed by atoms with van der Waals surface area (Å²) in [6, 6.07) is 5.58. The van der Waals surface area contributed by atoms with Crippen LogP contribution in [0, 0.1) is 0 Å². The summed E-state index contributed by atoms with van der Waals surface area (Å²) < 4.78 is 0. The average molecular weight is 227 g/mol. The number of carboxylic acids is 1. The summed E-state index contributed by atoms with van der Waals surface area (Å²) in [5, 5.41) is 9.75. The van der Waals surface area contributed by atoms with Crippen molar-refractivity contribution >= 4 is 22.9 Å². The number of carboxylic acid groups (broad SMARTS) is 1. The number of allylic oxidation sites excluding steroid dienone is 2. The molecule has 17 heavy (non-hydrogen) atoms. The van der Waals surface area contributed by atoms with Gasteiger partial charge in [-0.25, -0.2) is 4.79 Å². The summed E-state index contributed by atoms with van der Waals surface area (Å²) >= 11 is 0. The number of H-pyrrole nitrogens is 1. The Hall–Kier alpha value is -2.29. The van der Waals surface area contributed by atoms with Crippen molar-refractivity contribution in [1.29, 1.82) is 0 Å². The van der Waals surface area contributed by atoms with Gasteiger partial charge in [0.2, 0.25) is 0 Å². The van der Waals surface area contributed by atoms with E-state index in [-0.39, 0.29) is 0 Å². The van der Waals surface area contributed by atoms with Gasteiger partial charge in [-0.3, -0.25) is 0 Å². The molecule has 0 amide bonds. The van der Waals surface area contributed by atoms with Crippen molar-refractivity contribution in [2.24, 2.45) is 0 Å². The number of aromatic nitrogens is 1. The first-order valence-electron chi connectivity index (χ1n) is 5.26. The van der Waals surface area contributed by atoms with Crippen LogP contribution in [-0.2, 0) is 0 Å². The van der Waals surface area contributed by atoms with E-state index in [1.165, 1.54) is 6.20 Å². The second kappa shape index (κ2) is 4.29. The third-order valence-corrected chi connectivity index (χ3v) is 2.53. The molecule has 1 heterocycles. The molecule has 0 saturated carbocycles. The molecule has 0 fully saturated rings. The third-order valence-electron chi connectivity index (χ3n) is 2.53. The zero-order valence-electron chi connectivity index (χ0n) is 9.53. The molecule has 0 unspecified atom stereocenters. The van der Waals surface area contributed by atoms with Gasteiger partial charge >= 0.3 is 5.97 Å². The van der Waals surface area contributed by atoms with Crippen LogP contribution in [0.2, 0.25) is 0 Å². The number of benzene rings is 1. The molecule has 0 bridgehead atoms. The number of hydrogen-bond donors (Lipinski definition) is 2. The van der Waals surface area contributed by atoms with Crippen molar-refractivity contribution in [2.75, 3.05) is 0 Å². The highest BCUT2D eigenvalue weighted by atomic mass is 16.4. The maximum Gasteiger partial charge on any atom is 0.337 e. The van der Waals surface area contributed by atoms with E-state index in [9.17, 15) is 4.79 Å². The summed E-state index contributed by atoms with van der Waals surface area (Å²) in [4.78, 5) is 14.0. The lowest BCUT2D eigenvalue weighted by Gasteiger charge is -1.97. The Morgan fingerprint density at radius 3 is 2.88 bits per heavy atom. The lowest BCUT2D eigenvalue weighted by molar-refractivity contribution is 0.0699. The van der Waals surface area contributed by atoms with Crippen molar-refractivity contribution in [2.45, 2.75) is 6.92 Å². The fourth-order valence-electron chi connectivity index (χ4n) is 1.73. The standard InChI is InChI=1S/C14H13NO2/c1-9(2)6-7-10-4-3-5-11-12(14(16)17)8-15-13(10)11/h3-8,15H,1H2,2H3,(H,16,17). The highest BCUT2D eigenvalue weighted by Gasteiger charge is 2.11. The van der Waals surface area contributed by atoms with Gasteiger partial charge in [-0.1, -0.05) is 42.5 Å². The average Bonchev–Trinajstić information content (AvgIpc) is 2.70. The molecule has 1 aromatic heterocycles. The molecule has 1 aromatic carbocycles. The molecule has 86 valence electrons. The molecule has 2 N–H and O–H groups in total. The number of carbonyl (C=O) groups is 1. The lowest BCUT2D eigenvalue weighted by atomic mass is 10.1. The molecule has 0 saturated heterocycles. The van der Waals surface area contributed by atoms with Gasteiger partial charge in [0.05, 0.1) is 11.1 Å². The van der Waals surface area contributed by atoms with Gasteiger partial charge < -0.3 is 10.1 Å². The predicted molar refractivity (Wildman–Crippen MR) is 69.1 cm³/mol. The normalized spacial score (nSPS) is 11.1. The van der Waals surface area contributed by atoms with Gasteiger partial charge in [-0.15, -0.1) is 0 Å². The van der Waals surface area contributed by atoms with E-state index >= 15 is 0 Å². The maximum atomic E-state index is 11.0. The molecule has 0 atom stereocenters. The molecule has 2 aromatic rings. The van der Waals surface area contributed by atoms with Gasteiger partial charge in [0, 0.05) is 11.6 Å². The number of aromatic amines is 1. The zero-order valence-corrected chi connectivity index (χ0v) is 9.53. The molecule has 2 rings (SSSR count). The number of hydrogen-bond acceptors (Lipinski definition) is 1. The largest absolute Gasteiger partial charge is 0.478 e. The fourth-order valence-corrected chi connectivity index (χ4v) is 1.73. The summed E-state index contributed by atoms with van der Waals surface area (Å²) in [5.41, 5.74) is 3.04. The lowest BCUT2D eigenvalue weighted by Crippen LogP contribution is -1.93. The van der Waals surface area contributed by atoms with E-state index in [2.05, 4.69) is 11.6 Å². The van der Waals surface area contributed by atoms with E-state index < -0.39 is 5.97 Å². The predicted octanol–water partition coefficient (Wildman–Crippen LogP) is 3.46. The first kappa shape index (κ1) is 11.2. The Bertz CT molecular complexity index is 620. The quantitative estimate of drug-likeness (QED) is 0.789. The van der Waals surface area contributed by atoms with Crippen molar-refractivity contribution in [3.63, 3.8) is 0 Å². The van der Waals surface area contributed by atoms with E-state index in [0.717, 1.165) is 22.0 Å². The van der Waals surface area contributed by atoms with Crippen LogP contribution in [0.25, 0.3) is 17.0 Å². The van der Waals surface area contributed by atoms with Crippen LogP contribution >= 0.6 is 0 Å². The zero-order chi connectivity index (χ0) is 12.4. The highest BCUT2D eigenvalue weighted by molar-refractivity contribution is 6.05. The molecule has 0 aliphatic heterocycles. The van der Waals surface area contributed by atoms with Crippen molar-refractivity contribution in [3.05, 3.63) is 53.8 Å². The highest BCUT2D eigenvalue weighted by Crippen LogP contribution is 2.22. The minimum atomic E-state index is -0.919. The van der Waals surface area contributed by atoms with Gasteiger partial charge in [0.15, 0.2) is 0 Å².